The van der Waals surface area contributed by atoms with E-state index < -0.39 is 0 Å². The molecule has 140 valence electrons. The SMILES string of the molecule is c1coc(-c2nnc(C[NH+]3CC[NH+](Cc4ccc5c(c4)CCO5)CC3)o2)c1. The Hall–Kier alpha value is -2.64. The van der Waals surface area contributed by atoms with E-state index in [-0.39, 0.29) is 0 Å². The van der Waals surface area contributed by atoms with Gasteiger partial charge in [0.15, 0.2) is 12.3 Å². The van der Waals surface area contributed by atoms with Crippen LogP contribution in [0.5, 0.6) is 5.75 Å². The molecule has 4 heterocycles. The Balaban J connectivity index is 1.14. The Labute approximate surface area is 157 Å². The molecule has 0 atom stereocenters. The number of piperazine rings is 1. The molecule has 27 heavy (non-hydrogen) atoms. The first-order valence-electron chi connectivity index (χ1n) is 9.61. The third-order valence-electron chi connectivity index (χ3n) is 5.47. The zero-order valence-electron chi connectivity index (χ0n) is 15.2. The zero-order chi connectivity index (χ0) is 18.1. The molecular weight excluding hydrogens is 344 g/mol. The van der Waals surface area contributed by atoms with Gasteiger partial charge in [0.25, 0.3) is 11.8 Å². The molecule has 0 amide bonds. The minimum atomic E-state index is 0.458. The molecule has 0 spiro atoms. The highest BCUT2D eigenvalue weighted by Crippen LogP contribution is 2.25. The molecule has 7 nitrogen and oxygen atoms in total. The summed E-state index contributed by atoms with van der Waals surface area (Å²) in [6.45, 7) is 7.22. The van der Waals surface area contributed by atoms with E-state index >= 15 is 0 Å². The van der Waals surface area contributed by atoms with Crippen LogP contribution in [-0.2, 0) is 19.5 Å². The molecule has 2 N–H and O–H groups in total. The maximum absolute atomic E-state index is 5.74. The van der Waals surface area contributed by atoms with Gasteiger partial charge in [0, 0.05) is 12.0 Å². The Morgan fingerprint density at radius 1 is 0.963 bits per heavy atom. The first kappa shape index (κ1) is 16.5. The van der Waals surface area contributed by atoms with Crippen LogP contribution in [-0.4, -0.2) is 43.0 Å². The molecule has 1 fully saturated rings. The lowest BCUT2D eigenvalue weighted by Gasteiger charge is -2.29. The second-order valence-electron chi connectivity index (χ2n) is 7.37. The van der Waals surface area contributed by atoms with Gasteiger partial charge in [0.05, 0.1) is 12.9 Å². The van der Waals surface area contributed by atoms with E-state index in [4.69, 9.17) is 13.6 Å². The summed E-state index contributed by atoms with van der Waals surface area (Å²) in [6.07, 6.45) is 2.65. The average molecular weight is 368 g/mol. The molecule has 2 aliphatic rings. The van der Waals surface area contributed by atoms with Gasteiger partial charge in [-0.3, -0.25) is 0 Å². The fraction of sp³-hybridized carbons (Fsp3) is 0.400. The van der Waals surface area contributed by atoms with Crippen LogP contribution in [0.3, 0.4) is 0 Å². The van der Waals surface area contributed by atoms with Gasteiger partial charge < -0.3 is 23.4 Å². The van der Waals surface area contributed by atoms with Crippen molar-refractivity contribution in [3.63, 3.8) is 0 Å². The van der Waals surface area contributed by atoms with Gasteiger partial charge in [0.1, 0.15) is 38.5 Å². The van der Waals surface area contributed by atoms with Crippen molar-refractivity contribution >= 4 is 0 Å². The summed E-state index contributed by atoms with van der Waals surface area (Å²) in [5, 5.41) is 8.25. The van der Waals surface area contributed by atoms with Gasteiger partial charge >= 0.3 is 0 Å². The van der Waals surface area contributed by atoms with E-state index in [2.05, 4.69) is 28.4 Å². The van der Waals surface area contributed by atoms with Crippen LogP contribution in [0.1, 0.15) is 17.0 Å². The number of hydrogen-bond acceptors (Lipinski definition) is 5. The highest BCUT2D eigenvalue weighted by atomic mass is 16.5. The van der Waals surface area contributed by atoms with Crippen LogP contribution in [0.15, 0.2) is 45.4 Å². The van der Waals surface area contributed by atoms with Crippen molar-refractivity contribution in [1.29, 1.82) is 0 Å². The smallest absolute Gasteiger partial charge is 0.283 e. The number of fused-ring (bicyclic) bond motifs is 1. The quantitative estimate of drug-likeness (QED) is 0.650. The third kappa shape index (κ3) is 3.61. The van der Waals surface area contributed by atoms with Crippen LogP contribution >= 0.6 is 0 Å². The maximum Gasteiger partial charge on any atom is 0.283 e. The minimum absolute atomic E-state index is 0.458. The second kappa shape index (κ2) is 7.17. The number of benzene rings is 1. The van der Waals surface area contributed by atoms with Crippen molar-refractivity contribution in [3.05, 3.63) is 53.6 Å². The molecule has 0 saturated carbocycles. The largest absolute Gasteiger partial charge is 0.493 e. The molecule has 0 aliphatic carbocycles. The predicted molar refractivity (Wildman–Crippen MR) is 96.4 cm³/mol. The molecule has 7 heteroatoms. The first-order valence-corrected chi connectivity index (χ1v) is 9.61. The number of nitrogens with one attached hydrogen (secondary N) is 2. The molecule has 0 unspecified atom stereocenters. The van der Waals surface area contributed by atoms with E-state index in [1.54, 1.807) is 11.2 Å². The summed E-state index contributed by atoms with van der Waals surface area (Å²) < 4.78 is 16.7. The molecule has 0 radical (unpaired) electrons. The van der Waals surface area contributed by atoms with Crippen molar-refractivity contribution in [2.75, 3.05) is 32.8 Å². The van der Waals surface area contributed by atoms with Crippen molar-refractivity contribution in [2.45, 2.75) is 19.5 Å². The second-order valence-corrected chi connectivity index (χ2v) is 7.37. The highest BCUT2D eigenvalue weighted by molar-refractivity contribution is 5.42. The molecule has 1 saturated heterocycles. The Bertz CT molecular complexity index is 898. The van der Waals surface area contributed by atoms with E-state index in [1.807, 2.05) is 12.1 Å². The van der Waals surface area contributed by atoms with Crippen molar-refractivity contribution < 1.29 is 23.4 Å². The van der Waals surface area contributed by atoms with Crippen molar-refractivity contribution in [3.8, 4) is 17.4 Å². The molecule has 2 aliphatic heterocycles. The third-order valence-corrected chi connectivity index (χ3v) is 5.47. The number of aromatic nitrogens is 2. The van der Waals surface area contributed by atoms with Gasteiger partial charge in [-0.15, -0.1) is 10.2 Å². The Morgan fingerprint density at radius 3 is 2.63 bits per heavy atom. The van der Waals surface area contributed by atoms with Crippen LogP contribution < -0.4 is 14.5 Å². The lowest BCUT2D eigenvalue weighted by Crippen LogP contribution is -3.27. The number of nitrogens with zero attached hydrogens (tertiary/aromatic N) is 2. The number of ether oxygens (including phenoxy) is 1. The maximum atomic E-state index is 5.74. The number of hydrogen-bond donors (Lipinski definition) is 2. The molecule has 3 aromatic rings. The Morgan fingerprint density at radius 2 is 1.81 bits per heavy atom. The molecule has 5 rings (SSSR count). The molecule has 1 aromatic carbocycles. The summed E-state index contributed by atoms with van der Waals surface area (Å²) in [5.41, 5.74) is 2.78. The van der Waals surface area contributed by atoms with Crippen molar-refractivity contribution in [2.24, 2.45) is 0 Å². The van der Waals surface area contributed by atoms with Gasteiger partial charge in [0.2, 0.25) is 0 Å². The normalized spacial score (nSPS) is 21.8. The van der Waals surface area contributed by atoms with Crippen LogP contribution in [0.25, 0.3) is 11.7 Å². The van der Waals surface area contributed by atoms with E-state index in [1.165, 1.54) is 16.0 Å². The fourth-order valence-corrected chi connectivity index (χ4v) is 3.99. The first-order chi connectivity index (χ1) is 13.3. The Kier molecular flexibility index (Phi) is 4.39. The monoisotopic (exact) mass is 368 g/mol. The van der Waals surface area contributed by atoms with Crippen LogP contribution in [0, 0.1) is 0 Å². The van der Waals surface area contributed by atoms with E-state index in [0.29, 0.717) is 17.5 Å². The van der Waals surface area contributed by atoms with Crippen LogP contribution in [0.4, 0.5) is 0 Å². The lowest BCUT2D eigenvalue weighted by molar-refractivity contribution is -1.02. The fourth-order valence-electron chi connectivity index (χ4n) is 3.99. The summed E-state index contributed by atoms with van der Waals surface area (Å²) >= 11 is 0. The standard InChI is InChI=1S/C20H22N4O3/c1-2-18(25-10-1)20-22-21-19(27-20)14-24-8-6-23(7-9-24)13-15-3-4-17-16(12-15)5-11-26-17/h1-4,10,12H,5-9,11,13-14H2/p+2. The summed E-state index contributed by atoms with van der Waals surface area (Å²) in [5.74, 6) is 2.83. The minimum Gasteiger partial charge on any atom is -0.493 e. The highest BCUT2D eigenvalue weighted by Gasteiger charge is 2.25. The number of rotatable bonds is 5. The molecule has 2 aromatic heterocycles. The molecular formula is C20H24N4O3+2. The van der Waals surface area contributed by atoms with Gasteiger partial charge in [-0.05, 0) is 35.9 Å². The van der Waals surface area contributed by atoms with Crippen molar-refractivity contribution in [1.82, 2.24) is 10.2 Å². The lowest BCUT2D eigenvalue weighted by atomic mass is 10.1. The number of furan rings is 1. The topological polar surface area (TPSA) is 70.2 Å². The van der Waals surface area contributed by atoms with Gasteiger partial charge in [-0.25, -0.2) is 0 Å². The summed E-state index contributed by atoms with van der Waals surface area (Å²) in [6, 6.07) is 10.3. The summed E-state index contributed by atoms with van der Waals surface area (Å²) in [7, 11) is 0. The summed E-state index contributed by atoms with van der Waals surface area (Å²) in [4.78, 5) is 3.13. The van der Waals surface area contributed by atoms with Crippen LogP contribution in [0.2, 0.25) is 0 Å². The molecule has 0 bridgehead atoms. The van der Waals surface area contributed by atoms with E-state index in [0.717, 1.165) is 58.0 Å². The van der Waals surface area contributed by atoms with Gasteiger partial charge in [-0.2, -0.15) is 0 Å². The van der Waals surface area contributed by atoms with Gasteiger partial charge in [-0.1, -0.05) is 0 Å². The van der Waals surface area contributed by atoms with E-state index in [9.17, 15) is 0 Å². The average Bonchev–Trinajstić information content (AvgIpc) is 3.44. The predicted octanol–water partition coefficient (Wildman–Crippen LogP) is -0.252. The zero-order valence-corrected chi connectivity index (χ0v) is 15.2. The number of quaternary nitrogens is 2.